The number of nitrogens with zero attached hydrogens (tertiary/aromatic N) is 1. The van der Waals surface area contributed by atoms with E-state index in [1.807, 2.05) is 0 Å². The number of hydrogen-bond donors (Lipinski definition) is 1. The van der Waals surface area contributed by atoms with Crippen LogP contribution in [0.5, 0.6) is 0 Å². The summed E-state index contributed by atoms with van der Waals surface area (Å²) in [5, 5.41) is 3.67. The molecule has 0 aromatic heterocycles. The fourth-order valence-electron chi connectivity index (χ4n) is 2.36. The van der Waals surface area contributed by atoms with Crippen molar-refractivity contribution < 1.29 is 0 Å². The van der Waals surface area contributed by atoms with Crippen molar-refractivity contribution >= 4 is 0 Å². The molecule has 1 aliphatic rings. The summed E-state index contributed by atoms with van der Waals surface area (Å²) < 4.78 is 0. The Balaban J connectivity index is 2.69. The molecule has 16 heavy (non-hydrogen) atoms. The van der Waals surface area contributed by atoms with E-state index in [1.54, 1.807) is 0 Å². The molecule has 1 heterocycles. The number of piperazine rings is 1. The molecule has 0 radical (unpaired) electrons. The van der Waals surface area contributed by atoms with Crippen molar-refractivity contribution in [2.45, 2.75) is 46.7 Å². The van der Waals surface area contributed by atoms with Crippen molar-refractivity contribution in [2.75, 3.05) is 19.6 Å². The Morgan fingerprint density at radius 1 is 1.44 bits per heavy atom. The molecule has 0 aromatic carbocycles. The van der Waals surface area contributed by atoms with Crippen LogP contribution in [0.15, 0.2) is 0 Å². The molecule has 2 heteroatoms. The third-order valence-electron chi connectivity index (χ3n) is 3.57. The summed E-state index contributed by atoms with van der Waals surface area (Å²) in [6.07, 6.45) is 5.46. The molecule has 0 aliphatic carbocycles. The standard InChI is InChI=1S/C14H26N2/c1-7-8-16-10-13(14(4,5)6)15-9-12(16)11(2)3/h1,11-13,15H,8-10H2,2-6H3. The Morgan fingerprint density at radius 2 is 2.06 bits per heavy atom. The highest BCUT2D eigenvalue weighted by Gasteiger charge is 2.34. The van der Waals surface area contributed by atoms with E-state index in [-0.39, 0.29) is 0 Å². The van der Waals surface area contributed by atoms with Crippen LogP contribution in [0.3, 0.4) is 0 Å². The molecule has 2 atom stereocenters. The molecule has 0 amide bonds. The second-order valence-electron chi connectivity index (χ2n) is 6.27. The molecule has 1 N–H and O–H groups in total. The van der Waals surface area contributed by atoms with Crippen LogP contribution in [0, 0.1) is 23.7 Å². The van der Waals surface area contributed by atoms with Crippen molar-refractivity contribution in [3.8, 4) is 12.3 Å². The number of nitrogens with one attached hydrogen (secondary N) is 1. The molecule has 0 aromatic rings. The molecule has 1 fully saturated rings. The lowest BCUT2D eigenvalue weighted by molar-refractivity contribution is 0.0747. The molecular weight excluding hydrogens is 196 g/mol. The molecule has 1 aliphatic heterocycles. The lowest BCUT2D eigenvalue weighted by Gasteiger charge is -2.45. The van der Waals surface area contributed by atoms with Gasteiger partial charge in [-0.15, -0.1) is 6.42 Å². The van der Waals surface area contributed by atoms with E-state index in [1.165, 1.54) is 0 Å². The minimum atomic E-state index is 0.300. The quantitative estimate of drug-likeness (QED) is 0.719. The average molecular weight is 222 g/mol. The lowest BCUT2D eigenvalue weighted by atomic mass is 9.83. The smallest absolute Gasteiger partial charge is 0.0602 e. The first-order valence-electron chi connectivity index (χ1n) is 6.27. The van der Waals surface area contributed by atoms with Gasteiger partial charge in [0.25, 0.3) is 0 Å². The van der Waals surface area contributed by atoms with E-state index in [2.05, 4.69) is 50.8 Å². The van der Waals surface area contributed by atoms with E-state index in [9.17, 15) is 0 Å². The van der Waals surface area contributed by atoms with Gasteiger partial charge in [-0.3, -0.25) is 4.90 Å². The van der Waals surface area contributed by atoms with Crippen LogP contribution in [-0.4, -0.2) is 36.6 Å². The Morgan fingerprint density at radius 3 is 2.50 bits per heavy atom. The molecule has 92 valence electrons. The summed E-state index contributed by atoms with van der Waals surface area (Å²) in [7, 11) is 0. The van der Waals surface area contributed by atoms with Crippen LogP contribution < -0.4 is 5.32 Å². The van der Waals surface area contributed by atoms with Crippen LogP contribution in [0.2, 0.25) is 0 Å². The predicted octanol–water partition coefficient (Wildman–Crippen LogP) is 1.96. The van der Waals surface area contributed by atoms with Crippen LogP contribution in [0.25, 0.3) is 0 Å². The van der Waals surface area contributed by atoms with Gasteiger partial charge in [0, 0.05) is 25.2 Å². The van der Waals surface area contributed by atoms with Gasteiger partial charge >= 0.3 is 0 Å². The first-order chi connectivity index (χ1) is 7.36. The van der Waals surface area contributed by atoms with Crippen molar-refractivity contribution in [3.05, 3.63) is 0 Å². The van der Waals surface area contributed by atoms with E-state index >= 15 is 0 Å². The number of terminal acetylenes is 1. The van der Waals surface area contributed by atoms with Gasteiger partial charge in [0.15, 0.2) is 0 Å². The molecule has 0 bridgehead atoms. The fourth-order valence-corrected chi connectivity index (χ4v) is 2.36. The zero-order valence-corrected chi connectivity index (χ0v) is 11.4. The first-order valence-corrected chi connectivity index (χ1v) is 6.27. The van der Waals surface area contributed by atoms with E-state index < -0.39 is 0 Å². The van der Waals surface area contributed by atoms with E-state index in [4.69, 9.17) is 6.42 Å². The average Bonchev–Trinajstić information content (AvgIpc) is 2.16. The van der Waals surface area contributed by atoms with Crippen molar-refractivity contribution in [1.82, 2.24) is 10.2 Å². The van der Waals surface area contributed by atoms with Crippen LogP contribution in [0.1, 0.15) is 34.6 Å². The summed E-state index contributed by atoms with van der Waals surface area (Å²) in [5.74, 6) is 3.45. The topological polar surface area (TPSA) is 15.3 Å². The van der Waals surface area contributed by atoms with Crippen LogP contribution in [-0.2, 0) is 0 Å². The zero-order chi connectivity index (χ0) is 12.3. The van der Waals surface area contributed by atoms with Gasteiger partial charge < -0.3 is 5.32 Å². The van der Waals surface area contributed by atoms with Gasteiger partial charge in [0.1, 0.15) is 0 Å². The summed E-state index contributed by atoms with van der Waals surface area (Å²) in [4.78, 5) is 2.46. The Bertz CT molecular complexity index is 257. The summed E-state index contributed by atoms with van der Waals surface area (Å²) in [5.41, 5.74) is 0.300. The van der Waals surface area contributed by atoms with Gasteiger partial charge in [-0.05, 0) is 11.3 Å². The summed E-state index contributed by atoms with van der Waals surface area (Å²) in [6, 6.07) is 1.12. The molecule has 2 nitrogen and oxygen atoms in total. The molecular formula is C14H26N2. The maximum absolute atomic E-state index is 5.46. The minimum Gasteiger partial charge on any atom is -0.311 e. The lowest BCUT2D eigenvalue weighted by Crippen LogP contribution is -2.61. The first kappa shape index (κ1) is 13.5. The summed E-state index contributed by atoms with van der Waals surface area (Å²) in [6.45, 7) is 14.3. The van der Waals surface area contributed by atoms with Crippen LogP contribution in [0.4, 0.5) is 0 Å². The zero-order valence-electron chi connectivity index (χ0n) is 11.4. The Labute approximate surface area is 101 Å². The second kappa shape index (κ2) is 5.21. The highest BCUT2D eigenvalue weighted by atomic mass is 15.2. The largest absolute Gasteiger partial charge is 0.311 e. The SMILES string of the molecule is C#CCN1CC(C(C)(C)C)NCC1C(C)C. The predicted molar refractivity (Wildman–Crippen MR) is 70.3 cm³/mol. The minimum absolute atomic E-state index is 0.300. The molecule has 0 spiro atoms. The normalized spacial score (nSPS) is 28.1. The van der Waals surface area contributed by atoms with Crippen molar-refractivity contribution in [2.24, 2.45) is 11.3 Å². The van der Waals surface area contributed by atoms with Gasteiger partial charge in [0.2, 0.25) is 0 Å². The molecule has 1 saturated heterocycles. The second-order valence-corrected chi connectivity index (χ2v) is 6.27. The maximum Gasteiger partial charge on any atom is 0.0602 e. The molecule has 2 unspecified atom stereocenters. The highest BCUT2D eigenvalue weighted by Crippen LogP contribution is 2.25. The Kier molecular flexibility index (Phi) is 4.41. The van der Waals surface area contributed by atoms with Gasteiger partial charge in [-0.2, -0.15) is 0 Å². The van der Waals surface area contributed by atoms with Gasteiger partial charge in [0.05, 0.1) is 6.54 Å². The van der Waals surface area contributed by atoms with Crippen molar-refractivity contribution in [3.63, 3.8) is 0 Å². The fraction of sp³-hybridized carbons (Fsp3) is 0.857. The third-order valence-corrected chi connectivity index (χ3v) is 3.57. The highest BCUT2D eigenvalue weighted by molar-refractivity contribution is 4.98. The van der Waals surface area contributed by atoms with Crippen molar-refractivity contribution in [1.29, 1.82) is 0 Å². The summed E-state index contributed by atoms with van der Waals surface area (Å²) >= 11 is 0. The third kappa shape index (κ3) is 3.23. The maximum atomic E-state index is 5.46. The van der Waals surface area contributed by atoms with Crippen LogP contribution >= 0.6 is 0 Å². The molecule has 1 rings (SSSR count). The van der Waals surface area contributed by atoms with Gasteiger partial charge in [-0.1, -0.05) is 40.5 Å². The van der Waals surface area contributed by atoms with E-state index in [0.29, 0.717) is 23.4 Å². The monoisotopic (exact) mass is 222 g/mol. The van der Waals surface area contributed by atoms with E-state index in [0.717, 1.165) is 19.6 Å². The Hall–Kier alpha value is -0.520. The number of rotatable bonds is 2. The van der Waals surface area contributed by atoms with Gasteiger partial charge in [-0.25, -0.2) is 0 Å². The number of hydrogen-bond acceptors (Lipinski definition) is 2. The molecule has 0 saturated carbocycles.